The van der Waals surface area contributed by atoms with E-state index in [1.165, 1.54) is 6.20 Å². The van der Waals surface area contributed by atoms with Crippen LogP contribution < -0.4 is 11.4 Å². The molecule has 100 valence electrons. The summed E-state index contributed by atoms with van der Waals surface area (Å²) in [7, 11) is 0. The third-order valence-electron chi connectivity index (χ3n) is 2.91. The van der Waals surface area contributed by atoms with Gasteiger partial charge in [0.05, 0.1) is 19.1 Å². The first-order chi connectivity index (χ1) is 8.37. The second-order valence-electron chi connectivity index (χ2n) is 4.26. The fourth-order valence-electron chi connectivity index (χ4n) is 1.86. The van der Waals surface area contributed by atoms with Crippen LogP contribution in [0.25, 0.3) is 0 Å². The van der Waals surface area contributed by atoms with Crippen molar-refractivity contribution in [1.82, 2.24) is 9.55 Å². The minimum absolute atomic E-state index is 0.0112. The molecule has 1 saturated heterocycles. The topological polar surface area (TPSA) is 111 Å². The third kappa shape index (κ3) is 1.98. The average Bonchev–Trinajstić information content (AvgIpc) is 2.59. The van der Waals surface area contributed by atoms with Crippen LogP contribution >= 0.6 is 0 Å². The summed E-state index contributed by atoms with van der Waals surface area (Å²) in [6.07, 6.45) is -1.54. The molecule has 18 heavy (non-hydrogen) atoms. The lowest BCUT2D eigenvalue weighted by Gasteiger charge is -2.22. The molecule has 7 nitrogen and oxygen atoms in total. The van der Waals surface area contributed by atoms with Gasteiger partial charge >= 0.3 is 5.69 Å². The lowest BCUT2D eigenvalue weighted by Crippen LogP contribution is -2.39. The number of aromatic nitrogens is 2. The van der Waals surface area contributed by atoms with Crippen LogP contribution in [0.3, 0.4) is 0 Å². The standard InChI is InChI=1S/C10H14FN3O4/c1-5-3-14(9(17)13-8(5)12)10(11)2-6(16)7(4-15)18-10/h3,6-7,15-16H,2,4H2,1H3,(H2,12,13,17)/t6-,7+,10-/m0/s1. The van der Waals surface area contributed by atoms with Crippen molar-refractivity contribution in [2.45, 2.75) is 31.5 Å². The molecule has 2 heterocycles. The molecule has 1 aliphatic heterocycles. The van der Waals surface area contributed by atoms with Crippen molar-refractivity contribution < 1.29 is 19.3 Å². The van der Waals surface area contributed by atoms with E-state index in [2.05, 4.69) is 4.98 Å². The number of rotatable bonds is 2. The summed E-state index contributed by atoms with van der Waals surface area (Å²) in [5.41, 5.74) is 4.94. The van der Waals surface area contributed by atoms with Crippen LogP contribution in [0.15, 0.2) is 11.0 Å². The Kier molecular flexibility index (Phi) is 3.09. The van der Waals surface area contributed by atoms with Gasteiger partial charge in [-0.1, -0.05) is 0 Å². The Morgan fingerprint density at radius 3 is 3.00 bits per heavy atom. The van der Waals surface area contributed by atoms with E-state index in [-0.39, 0.29) is 5.82 Å². The van der Waals surface area contributed by atoms with E-state index in [9.17, 15) is 14.3 Å². The van der Waals surface area contributed by atoms with Crippen LogP contribution in [-0.4, -0.2) is 38.6 Å². The Labute approximate surface area is 102 Å². The number of nitrogens with two attached hydrogens (primary N) is 1. The lowest BCUT2D eigenvalue weighted by molar-refractivity contribution is -0.205. The van der Waals surface area contributed by atoms with Crippen LogP contribution in [0, 0.1) is 6.92 Å². The van der Waals surface area contributed by atoms with Gasteiger partial charge in [-0.3, -0.25) is 0 Å². The largest absolute Gasteiger partial charge is 0.394 e. The molecule has 0 bridgehead atoms. The summed E-state index contributed by atoms with van der Waals surface area (Å²) in [5.74, 6) is -2.51. The van der Waals surface area contributed by atoms with E-state index in [0.29, 0.717) is 10.1 Å². The van der Waals surface area contributed by atoms with Gasteiger partial charge in [0.2, 0.25) is 0 Å². The number of alkyl halides is 1. The van der Waals surface area contributed by atoms with Gasteiger partial charge in [-0.05, 0) is 6.92 Å². The Morgan fingerprint density at radius 2 is 2.44 bits per heavy atom. The molecule has 0 saturated carbocycles. The number of hydrogen-bond donors (Lipinski definition) is 3. The molecule has 3 atom stereocenters. The van der Waals surface area contributed by atoms with Gasteiger partial charge in [0.25, 0.3) is 5.98 Å². The molecule has 0 amide bonds. The molecule has 1 aromatic rings. The normalized spacial score (nSPS) is 31.8. The van der Waals surface area contributed by atoms with E-state index in [4.69, 9.17) is 15.6 Å². The van der Waals surface area contributed by atoms with Crippen molar-refractivity contribution in [1.29, 1.82) is 0 Å². The van der Waals surface area contributed by atoms with E-state index < -0.39 is 36.9 Å². The molecule has 1 aromatic heterocycles. The van der Waals surface area contributed by atoms with Gasteiger partial charge in [0.15, 0.2) is 0 Å². The zero-order chi connectivity index (χ0) is 13.5. The van der Waals surface area contributed by atoms with Gasteiger partial charge in [0.1, 0.15) is 11.9 Å². The molecule has 8 heteroatoms. The summed E-state index contributed by atoms with van der Waals surface area (Å²) in [6, 6.07) is 0. The highest BCUT2D eigenvalue weighted by Gasteiger charge is 2.48. The molecule has 2 rings (SSSR count). The number of ether oxygens (including phenoxy) is 1. The zero-order valence-electron chi connectivity index (χ0n) is 9.71. The molecule has 0 unspecified atom stereocenters. The summed E-state index contributed by atoms with van der Waals surface area (Å²) in [6.45, 7) is 1.03. The van der Waals surface area contributed by atoms with Gasteiger partial charge in [-0.15, -0.1) is 0 Å². The monoisotopic (exact) mass is 259 g/mol. The maximum absolute atomic E-state index is 14.5. The van der Waals surface area contributed by atoms with E-state index in [1.54, 1.807) is 6.92 Å². The SMILES string of the molecule is Cc1cn([C@@]2(F)C[C@H](O)[C@@H](CO)O2)c(=O)nc1N. The highest BCUT2D eigenvalue weighted by atomic mass is 19.2. The lowest BCUT2D eigenvalue weighted by atomic mass is 10.2. The fourth-order valence-corrected chi connectivity index (χ4v) is 1.86. The summed E-state index contributed by atoms with van der Waals surface area (Å²) >= 11 is 0. The maximum atomic E-state index is 14.5. The van der Waals surface area contributed by atoms with Crippen LogP contribution in [0.4, 0.5) is 10.2 Å². The molecule has 0 aliphatic carbocycles. The van der Waals surface area contributed by atoms with Crippen molar-refractivity contribution in [3.63, 3.8) is 0 Å². The van der Waals surface area contributed by atoms with Crippen molar-refractivity contribution in [3.05, 3.63) is 22.2 Å². The van der Waals surface area contributed by atoms with Crippen LogP contribution in [0.5, 0.6) is 0 Å². The third-order valence-corrected chi connectivity index (χ3v) is 2.91. The predicted octanol–water partition coefficient (Wildman–Crippen LogP) is -1.14. The highest BCUT2D eigenvalue weighted by Crippen LogP contribution is 2.35. The van der Waals surface area contributed by atoms with Gasteiger partial charge < -0.3 is 20.7 Å². The number of halogens is 1. The second-order valence-corrected chi connectivity index (χ2v) is 4.26. The van der Waals surface area contributed by atoms with Crippen LogP contribution in [-0.2, 0) is 10.7 Å². The molecule has 0 aromatic carbocycles. The van der Waals surface area contributed by atoms with Crippen molar-refractivity contribution in [2.75, 3.05) is 12.3 Å². The minimum Gasteiger partial charge on any atom is -0.394 e. The van der Waals surface area contributed by atoms with Gasteiger partial charge in [-0.25, -0.2) is 9.36 Å². The van der Waals surface area contributed by atoms with Gasteiger partial charge in [-0.2, -0.15) is 9.37 Å². The number of aliphatic hydroxyl groups is 2. The van der Waals surface area contributed by atoms with E-state index in [1.807, 2.05) is 0 Å². The first-order valence-corrected chi connectivity index (χ1v) is 5.39. The first-order valence-electron chi connectivity index (χ1n) is 5.39. The van der Waals surface area contributed by atoms with Crippen LogP contribution in [0.1, 0.15) is 12.0 Å². The fraction of sp³-hybridized carbons (Fsp3) is 0.600. The summed E-state index contributed by atoms with van der Waals surface area (Å²) in [4.78, 5) is 15.1. The number of anilines is 1. The number of aliphatic hydroxyl groups excluding tert-OH is 2. The molecule has 1 aliphatic rings. The Morgan fingerprint density at radius 1 is 1.78 bits per heavy atom. The molecular weight excluding hydrogens is 245 g/mol. The number of nitrogens with zero attached hydrogens (tertiary/aromatic N) is 2. The van der Waals surface area contributed by atoms with Crippen molar-refractivity contribution in [2.24, 2.45) is 0 Å². The molecule has 1 fully saturated rings. The minimum atomic E-state index is -2.52. The van der Waals surface area contributed by atoms with E-state index >= 15 is 0 Å². The van der Waals surface area contributed by atoms with Crippen molar-refractivity contribution >= 4 is 5.82 Å². The Bertz CT molecular complexity index is 520. The van der Waals surface area contributed by atoms with E-state index in [0.717, 1.165) is 0 Å². The smallest absolute Gasteiger partial charge is 0.353 e. The van der Waals surface area contributed by atoms with Gasteiger partial charge in [0, 0.05) is 11.8 Å². The predicted molar refractivity (Wildman–Crippen MR) is 59.3 cm³/mol. The number of nitrogen functional groups attached to an aromatic ring is 1. The molecule has 0 radical (unpaired) electrons. The Balaban J connectivity index is 2.43. The zero-order valence-corrected chi connectivity index (χ0v) is 9.71. The average molecular weight is 259 g/mol. The summed E-state index contributed by atoms with van der Waals surface area (Å²) in [5, 5.41) is 18.4. The molecular formula is C10H14FN3O4. The number of hydrogen-bond acceptors (Lipinski definition) is 6. The Hall–Kier alpha value is -1.51. The van der Waals surface area contributed by atoms with Crippen LogP contribution in [0.2, 0.25) is 0 Å². The molecule has 4 N–H and O–H groups in total. The van der Waals surface area contributed by atoms with Crippen molar-refractivity contribution in [3.8, 4) is 0 Å². The maximum Gasteiger partial charge on any atom is 0.353 e. The molecule has 0 spiro atoms. The summed E-state index contributed by atoms with van der Waals surface area (Å²) < 4.78 is 20.0. The highest BCUT2D eigenvalue weighted by molar-refractivity contribution is 5.35. The first kappa shape index (κ1) is 12.9. The second kappa shape index (κ2) is 4.30. The quantitative estimate of drug-likeness (QED) is 0.619. The number of aryl methyl sites for hydroxylation is 1.